The molecule has 168 valence electrons. The fourth-order valence-corrected chi connectivity index (χ4v) is 4.11. The average molecular weight is 462 g/mol. The standard InChI is InChI=1S/C24H23N5O3S/c1-16-7-5-10-28-21(16)27-23-19(24(28)31)13-17(14-25)22(26-20(30)9-3-4-12-33-2)29(23)15-18-8-6-11-32-18/h3-5,7,9-10,12-13,18H,6,8,11,15H2,1-2H3/b9-3+,12-4+,26-22?. The number of thioether (sulfide) groups is 1. The molecule has 1 saturated heterocycles. The van der Waals surface area contributed by atoms with E-state index in [-0.39, 0.29) is 28.1 Å². The number of allylic oxidation sites excluding steroid dienone is 2. The molecule has 3 aromatic rings. The third-order valence-electron chi connectivity index (χ3n) is 5.42. The van der Waals surface area contributed by atoms with Crippen LogP contribution in [-0.4, -0.2) is 38.8 Å². The minimum atomic E-state index is -0.508. The van der Waals surface area contributed by atoms with Gasteiger partial charge in [-0.3, -0.25) is 14.0 Å². The summed E-state index contributed by atoms with van der Waals surface area (Å²) >= 11 is 1.51. The summed E-state index contributed by atoms with van der Waals surface area (Å²) in [6.45, 7) is 2.86. The third-order valence-corrected chi connectivity index (χ3v) is 5.85. The molecule has 0 aliphatic carbocycles. The van der Waals surface area contributed by atoms with E-state index in [1.807, 2.05) is 24.7 Å². The highest BCUT2D eigenvalue weighted by atomic mass is 32.2. The van der Waals surface area contributed by atoms with Crippen molar-refractivity contribution in [1.29, 1.82) is 5.26 Å². The van der Waals surface area contributed by atoms with Crippen molar-refractivity contribution < 1.29 is 9.53 Å². The molecule has 33 heavy (non-hydrogen) atoms. The smallest absolute Gasteiger partial charge is 0.271 e. The number of aryl methyl sites for hydroxylation is 1. The number of carbonyl (C=O) groups excluding carboxylic acids is 1. The number of amides is 1. The van der Waals surface area contributed by atoms with E-state index in [0.29, 0.717) is 24.4 Å². The van der Waals surface area contributed by atoms with Crippen LogP contribution in [0.5, 0.6) is 0 Å². The molecule has 1 atom stereocenters. The van der Waals surface area contributed by atoms with Crippen LogP contribution in [0.25, 0.3) is 16.7 Å². The first-order valence-electron chi connectivity index (χ1n) is 10.6. The van der Waals surface area contributed by atoms with Gasteiger partial charge in [0.15, 0.2) is 5.49 Å². The first kappa shape index (κ1) is 22.7. The summed E-state index contributed by atoms with van der Waals surface area (Å²) in [6.07, 6.45) is 9.89. The number of hydrogen-bond donors (Lipinski definition) is 0. The number of rotatable bonds is 5. The van der Waals surface area contributed by atoms with E-state index in [2.05, 4.69) is 11.1 Å². The highest BCUT2D eigenvalue weighted by Gasteiger charge is 2.21. The molecule has 1 aliphatic rings. The lowest BCUT2D eigenvalue weighted by Crippen LogP contribution is -2.32. The Labute approximate surface area is 194 Å². The van der Waals surface area contributed by atoms with Crippen LogP contribution in [0.3, 0.4) is 0 Å². The zero-order valence-electron chi connectivity index (χ0n) is 18.4. The minimum absolute atomic E-state index is 0.117. The number of carbonyl (C=O) groups is 1. The Kier molecular flexibility index (Phi) is 6.87. The van der Waals surface area contributed by atoms with Crippen molar-refractivity contribution >= 4 is 34.3 Å². The quantitative estimate of drug-likeness (QED) is 0.329. The number of nitriles is 1. The number of hydrogen-bond acceptors (Lipinski definition) is 6. The normalized spacial score (nSPS) is 17.0. The Hall–Kier alpha value is -3.48. The molecule has 1 aliphatic heterocycles. The van der Waals surface area contributed by atoms with Gasteiger partial charge in [-0.1, -0.05) is 18.2 Å². The van der Waals surface area contributed by atoms with Gasteiger partial charge in [-0.2, -0.15) is 10.3 Å². The monoisotopic (exact) mass is 461 g/mol. The van der Waals surface area contributed by atoms with Crippen molar-refractivity contribution in [3.63, 3.8) is 0 Å². The number of ether oxygens (including phenoxy) is 1. The molecule has 4 rings (SSSR count). The van der Waals surface area contributed by atoms with Gasteiger partial charge < -0.3 is 9.30 Å². The fourth-order valence-electron chi connectivity index (χ4n) is 3.86. The Morgan fingerprint density at radius 1 is 1.42 bits per heavy atom. The summed E-state index contributed by atoms with van der Waals surface area (Å²) < 4.78 is 8.96. The van der Waals surface area contributed by atoms with Crippen LogP contribution in [0.15, 0.2) is 57.8 Å². The van der Waals surface area contributed by atoms with Crippen LogP contribution in [0.2, 0.25) is 0 Å². The lowest BCUT2D eigenvalue weighted by molar-refractivity contribution is -0.113. The van der Waals surface area contributed by atoms with Crippen molar-refractivity contribution in [3.8, 4) is 6.07 Å². The molecule has 8 nitrogen and oxygen atoms in total. The molecule has 4 heterocycles. The maximum Gasteiger partial charge on any atom is 0.271 e. The zero-order valence-corrected chi connectivity index (χ0v) is 19.2. The second-order valence-corrected chi connectivity index (χ2v) is 8.40. The molecule has 0 saturated carbocycles. The van der Waals surface area contributed by atoms with Gasteiger partial charge in [0.25, 0.3) is 11.5 Å². The van der Waals surface area contributed by atoms with Gasteiger partial charge >= 0.3 is 0 Å². The summed E-state index contributed by atoms with van der Waals surface area (Å²) in [5.74, 6) is -0.508. The zero-order chi connectivity index (χ0) is 23.4. The SMILES string of the molecule is CS/C=C/C=C/C(=O)N=c1c(C#N)cc2c(=O)n3cccc(C)c3nc2n1CC1CCCO1. The van der Waals surface area contributed by atoms with Crippen LogP contribution in [-0.2, 0) is 16.1 Å². The van der Waals surface area contributed by atoms with Crippen molar-refractivity contribution in [3.05, 3.63) is 75.0 Å². The predicted molar refractivity (Wildman–Crippen MR) is 128 cm³/mol. The third kappa shape index (κ3) is 4.67. The van der Waals surface area contributed by atoms with Crippen LogP contribution in [0.1, 0.15) is 24.0 Å². The molecule has 0 spiro atoms. The number of nitrogens with zero attached hydrogens (tertiary/aromatic N) is 5. The topological polar surface area (TPSA) is 102 Å². The molecule has 0 aromatic carbocycles. The highest BCUT2D eigenvalue weighted by Crippen LogP contribution is 2.17. The summed E-state index contributed by atoms with van der Waals surface area (Å²) in [5.41, 5.74) is 1.75. The summed E-state index contributed by atoms with van der Waals surface area (Å²) in [5, 5.41) is 12.0. The molecule has 0 N–H and O–H groups in total. The molecule has 1 amide bonds. The van der Waals surface area contributed by atoms with Gasteiger partial charge in [0, 0.05) is 18.9 Å². The minimum Gasteiger partial charge on any atom is -0.376 e. The molecule has 9 heteroatoms. The molecule has 1 unspecified atom stereocenters. The number of aromatic nitrogens is 3. The van der Waals surface area contributed by atoms with Crippen LogP contribution < -0.4 is 11.0 Å². The summed E-state index contributed by atoms with van der Waals surface area (Å²) in [4.78, 5) is 34.8. The first-order chi connectivity index (χ1) is 16.0. The Bertz CT molecular complexity index is 1450. The highest BCUT2D eigenvalue weighted by molar-refractivity contribution is 8.01. The average Bonchev–Trinajstić information content (AvgIpc) is 3.32. The molecular formula is C24H23N5O3S. The second-order valence-electron chi connectivity index (χ2n) is 7.65. The molecule has 1 fully saturated rings. The lowest BCUT2D eigenvalue weighted by atomic mass is 10.2. The Morgan fingerprint density at radius 3 is 3.00 bits per heavy atom. The number of pyridine rings is 2. The predicted octanol–water partition coefficient (Wildman–Crippen LogP) is 2.87. The molecule has 0 bridgehead atoms. The maximum absolute atomic E-state index is 13.3. The van der Waals surface area contributed by atoms with E-state index in [1.54, 1.807) is 29.0 Å². The van der Waals surface area contributed by atoms with Gasteiger partial charge in [-0.05, 0) is 49.1 Å². The summed E-state index contributed by atoms with van der Waals surface area (Å²) in [6, 6.07) is 7.22. The van der Waals surface area contributed by atoms with Gasteiger partial charge in [0.1, 0.15) is 17.4 Å². The van der Waals surface area contributed by atoms with Crippen LogP contribution in [0.4, 0.5) is 0 Å². The van der Waals surface area contributed by atoms with E-state index in [0.717, 1.165) is 18.4 Å². The maximum atomic E-state index is 13.3. The lowest BCUT2D eigenvalue weighted by Gasteiger charge is -2.17. The van der Waals surface area contributed by atoms with Crippen LogP contribution >= 0.6 is 11.8 Å². The van der Waals surface area contributed by atoms with E-state index >= 15 is 0 Å². The van der Waals surface area contributed by atoms with E-state index in [4.69, 9.17) is 9.72 Å². The molecule has 3 aromatic heterocycles. The summed E-state index contributed by atoms with van der Waals surface area (Å²) in [7, 11) is 0. The van der Waals surface area contributed by atoms with Gasteiger partial charge in [-0.15, -0.1) is 11.8 Å². The van der Waals surface area contributed by atoms with E-state index < -0.39 is 5.91 Å². The second kappa shape index (κ2) is 9.98. The van der Waals surface area contributed by atoms with Crippen molar-refractivity contribution in [2.75, 3.05) is 12.9 Å². The van der Waals surface area contributed by atoms with Crippen molar-refractivity contribution in [2.45, 2.75) is 32.4 Å². The Morgan fingerprint density at radius 2 is 2.27 bits per heavy atom. The van der Waals surface area contributed by atoms with Gasteiger partial charge in [0.2, 0.25) is 0 Å². The van der Waals surface area contributed by atoms with Crippen molar-refractivity contribution in [1.82, 2.24) is 14.0 Å². The van der Waals surface area contributed by atoms with Gasteiger partial charge in [-0.25, -0.2) is 4.98 Å². The number of fused-ring (bicyclic) bond motifs is 2. The van der Waals surface area contributed by atoms with E-state index in [9.17, 15) is 14.9 Å². The largest absolute Gasteiger partial charge is 0.376 e. The molecular weight excluding hydrogens is 438 g/mol. The van der Waals surface area contributed by atoms with Crippen molar-refractivity contribution in [2.24, 2.45) is 4.99 Å². The van der Waals surface area contributed by atoms with E-state index in [1.165, 1.54) is 28.3 Å². The Balaban J connectivity index is 2.02. The molecule has 0 radical (unpaired) electrons. The first-order valence-corrected chi connectivity index (χ1v) is 11.8. The van der Waals surface area contributed by atoms with Crippen LogP contribution in [0, 0.1) is 18.3 Å². The van der Waals surface area contributed by atoms with Gasteiger partial charge in [0.05, 0.1) is 23.6 Å². The fraction of sp³-hybridized carbons (Fsp3) is 0.292.